The Morgan fingerprint density at radius 1 is 1.53 bits per heavy atom. The second-order valence-corrected chi connectivity index (χ2v) is 5.22. The van der Waals surface area contributed by atoms with Crippen LogP contribution in [-0.4, -0.2) is 37.2 Å². The minimum Gasteiger partial charge on any atom is -0.383 e. The number of ether oxygens (including phenoxy) is 1. The lowest BCUT2D eigenvalue weighted by atomic mass is 10.4. The molecule has 1 heterocycles. The van der Waals surface area contributed by atoms with Crippen LogP contribution in [0.3, 0.4) is 0 Å². The molecule has 2 N–H and O–H groups in total. The summed E-state index contributed by atoms with van der Waals surface area (Å²) in [6.07, 6.45) is 0.984. The van der Waals surface area contributed by atoms with Crippen LogP contribution in [-0.2, 0) is 17.7 Å². The summed E-state index contributed by atoms with van der Waals surface area (Å²) in [7, 11) is 1.70. The highest BCUT2D eigenvalue weighted by Crippen LogP contribution is 2.10. The first-order valence-electron chi connectivity index (χ1n) is 6.66. The molecule has 0 aliphatic heterocycles. The zero-order valence-electron chi connectivity index (χ0n) is 12.2. The molecule has 1 aromatic heterocycles. The summed E-state index contributed by atoms with van der Waals surface area (Å²) in [5, 5.41) is 9.76. The molecule has 0 saturated carbocycles. The van der Waals surface area contributed by atoms with Gasteiger partial charge in [0.05, 0.1) is 23.9 Å². The number of thiazole rings is 1. The van der Waals surface area contributed by atoms with Gasteiger partial charge < -0.3 is 15.4 Å². The van der Waals surface area contributed by atoms with Gasteiger partial charge in [0.2, 0.25) is 0 Å². The van der Waals surface area contributed by atoms with Gasteiger partial charge in [0.1, 0.15) is 0 Å². The van der Waals surface area contributed by atoms with Gasteiger partial charge in [0.15, 0.2) is 5.96 Å². The Kier molecular flexibility index (Phi) is 7.43. The number of nitrogens with zero attached hydrogens (tertiary/aromatic N) is 2. The molecule has 5 nitrogen and oxygen atoms in total. The quantitative estimate of drug-likeness (QED) is 0.592. The number of aliphatic imine (C=N–C) groups is 1. The first-order valence-corrected chi connectivity index (χ1v) is 7.54. The third-order valence-electron chi connectivity index (χ3n) is 2.44. The molecule has 6 heteroatoms. The topological polar surface area (TPSA) is 58.5 Å². The van der Waals surface area contributed by atoms with Crippen LogP contribution in [0.1, 0.15) is 31.5 Å². The summed E-state index contributed by atoms with van der Waals surface area (Å²) in [6, 6.07) is 0.226. The average molecular weight is 284 g/mol. The van der Waals surface area contributed by atoms with Crippen molar-refractivity contribution in [3.05, 3.63) is 16.1 Å². The summed E-state index contributed by atoms with van der Waals surface area (Å²) in [4.78, 5) is 9.04. The maximum Gasteiger partial charge on any atom is 0.191 e. The third kappa shape index (κ3) is 6.02. The van der Waals surface area contributed by atoms with Crippen molar-refractivity contribution in [2.24, 2.45) is 4.99 Å². The molecule has 1 atom stereocenters. The fraction of sp³-hybridized carbons (Fsp3) is 0.692. The van der Waals surface area contributed by atoms with Crippen LogP contribution < -0.4 is 10.6 Å². The molecule has 0 aliphatic carbocycles. The molecule has 108 valence electrons. The van der Waals surface area contributed by atoms with E-state index in [4.69, 9.17) is 4.74 Å². The number of methoxy groups -OCH3 is 1. The highest BCUT2D eigenvalue weighted by molar-refractivity contribution is 7.09. The Bertz CT molecular complexity index is 392. The predicted molar refractivity (Wildman–Crippen MR) is 80.8 cm³/mol. The minimum atomic E-state index is 0.226. The number of guanidine groups is 1. The molecule has 1 rings (SSSR count). The van der Waals surface area contributed by atoms with Crippen molar-refractivity contribution in [2.45, 2.75) is 39.8 Å². The molecule has 0 amide bonds. The number of aromatic nitrogens is 1. The second kappa shape index (κ2) is 8.87. The first-order chi connectivity index (χ1) is 9.19. The van der Waals surface area contributed by atoms with Crippen molar-refractivity contribution in [3.8, 4) is 0 Å². The number of hydrogen-bond acceptors (Lipinski definition) is 4. The zero-order chi connectivity index (χ0) is 14.1. The fourth-order valence-corrected chi connectivity index (χ4v) is 2.33. The van der Waals surface area contributed by atoms with E-state index >= 15 is 0 Å². The van der Waals surface area contributed by atoms with Gasteiger partial charge in [-0.15, -0.1) is 11.3 Å². The Labute approximate surface area is 119 Å². The number of nitrogens with one attached hydrogen (secondary N) is 2. The van der Waals surface area contributed by atoms with Crippen molar-refractivity contribution in [2.75, 3.05) is 20.3 Å². The maximum absolute atomic E-state index is 5.11. The lowest BCUT2D eigenvalue weighted by molar-refractivity contribution is 0.179. The second-order valence-electron chi connectivity index (χ2n) is 4.28. The lowest BCUT2D eigenvalue weighted by Gasteiger charge is -2.16. The summed E-state index contributed by atoms with van der Waals surface area (Å²) < 4.78 is 5.11. The predicted octanol–water partition coefficient (Wildman–Crippen LogP) is 1.80. The van der Waals surface area contributed by atoms with Gasteiger partial charge in [-0.3, -0.25) is 0 Å². The molecule has 0 saturated heterocycles. The van der Waals surface area contributed by atoms with E-state index in [1.807, 2.05) is 0 Å². The van der Waals surface area contributed by atoms with Gasteiger partial charge in [0, 0.05) is 25.1 Å². The molecule has 0 aliphatic rings. The molecular weight excluding hydrogens is 260 g/mol. The summed E-state index contributed by atoms with van der Waals surface area (Å²) in [5.41, 5.74) is 1.03. The van der Waals surface area contributed by atoms with Crippen LogP contribution in [0.4, 0.5) is 0 Å². The molecule has 1 unspecified atom stereocenters. The third-order valence-corrected chi connectivity index (χ3v) is 3.49. The van der Waals surface area contributed by atoms with E-state index in [1.54, 1.807) is 18.4 Å². The molecule has 0 fully saturated rings. The lowest BCUT2D eigenvalue weighted by Crippen LogP contribution is -2.43. The average Bonchev–Trinajstić information content (AvgIpc) is 2.84. The Morgan fingerprint density at radius 2 is 2.32 bits per heavy atom. The Morgan fingerprint density at radius 3 is 2.89 bits per heavy atom. The van der Waals surface area contributed by atoms with Crippen LogP contribution in [0.5, 0.6) is 0 Å². The van der Waals surface area contributed by atoms with E-state index in [0.717, 1.165) is 29.6 Å². The Balaban J connectivity index is 2.56. The molecular formula is C13H24N4OS. The largest absolute Gasteiger partial charge is 0.383 e. The van der Waals surface area contributed by atoms with Crippen molar-refractivity contribution in [3.63, 3.8) is 0 Å². The first kappa shape index (κ1) is 15.9. The van der Waals surface area contributed by atoms with Gasteiger partial charge in [-0.05, 0) is 20.3 Å². The van der Waals surface area contributed by atoms with E-state index in [0.29, 0.717) is 13.2 Å². The normalized spacial score (nSPS) is 13.4. The van der Waals surface area contributed by atoms with Crippen molar-refractivity contribution in [1.29, 1.82) is 0 Å². The van der Waals surface area contributed by atoms with Gasteiger partial charge in [0.25, 0.3) is 0 Å². The summed E-state index contributed by atoms with van der Waals surface area (Å²) in [5.74, 6) is 0.804. The van der Waals surface area contributed by atoms with Gasteiger partial charge >= 0.3 is 0 Å². The van der Waals surface area contributed by atoms with Gasteiger partial charge in [-0.2, -0.15) is 0 Å². The highest BCUT2D eigenvalue weighted by atomic mass is 32.1. The van der Waals surface area contributed by atoms with Crippen LogP contribution in [0, 0.1) is 0 Å². The van der Waals surface area contributed by atoms with Crippen LogP contribution >= 0.6 is 11.3 Å². The smallest absolute Gasteiger partial charge is 0.191 e. The monoisotopic (exact) mass is 284 g/mol. The number of rotatable bonds is 7. The molecule has 0 spiro atoms. The maximum atomic E-state index is 5.11. The highest BCUT2D eigenvalue weighted by Gasteiger charge is 2.05. The minimum absolute atomic E-state index is 0.226. The van der Waals surface area contributed by atoms with E-state index in [-0.39, 0.29) is 6.04 Å². The molecule has 0 bridgehead atoms. The van der Waals surface area contributed by atoms with Crippen LogP contribution in [0.15, 0.2) is 10.4 Å². The Hall–Kier alpha value is -1.14. The number of hydrogen-bond donors (Lipinski definition) is 2. The van der Waals surface area contributed by atoms with E-state index in [9.17, 15) is 0 Å². The summed E-state index contributed by atoms with van der Waals surface area (Å²) >= 11 is 1.70. The van der Waals surface area contributed by atoms with E-state index in [1.165, 1.54) is 0 Å². The van der Waals surface area contributed by atoms with Crippen molar-refractivity contribution < 1.29 is 4.74 Å². The molecule has 19 heavy (non-hydrogen) atoms. The zero-order valence-corrected chi connectivity index (χ0v) is 13.0. The van der Waals surface area contributed by atoms with Crippen molar-refractivity contribution >= 4 is 17.3 Å². The van der Waals surface area contributed by atoms with Crippen LogP contribution in [0.2, 0.25) is 0 Å². The fourth-order valence-electron chi connectivity index (χ4n) is 1.59. The van der Waals surface area contributed by atoms with E-state index in [2.05, 4.69) is 46.8 Å². The summed E-state index contributed by atoms with van der Waals surface area (Å²) in [6.45, 7) is 8.32. The molecule has 0 radical (unpaired) electrons. The van der Waals surface area contributed by atoms with Gasteiger partial charge in [-0.25, -0.2) is 9.98 Å². The SMILES string of the molecule is CCNC(=NCc1csc(CC)n1)NC(C)COC. The number of aryl methyl sites for hydroxylation is 1. The molecule has 1 aromatic rings. The van der Waals surface area contributed by atoms with Crippen molar-refractivity contribution in [1.82, 2.24) is 15.6 Å². The van der Waals surface area contributed by atoms with Gasteiger partial charge in [-0.1, -0.05) is 6.92 Å². The van der Waals surface area contributed by atoms with Crippen LogP contribution in [0.25, 0.3) is 0 Å². The van der Waals surface area contributed by atoms with E-state index < -0.39 is 0 Å². The standard InChI is InChI=1S/C13H24N4OS/c1-5-12-17-11(9-19-12)7-15-13(14-6-2)16-10(3)8-18-4/h9-10H,5-8H2,1-4H3,(H2,14,15,16). The molecule has 0 aromatic carbocycles.